The van der Waals surface area contributed by atoms with Gasteiger partial charge < -0.3 is 9.32 Å². The van der Waals surface area contributed by atoms with Crippen LogP contribution in [0.5, 0.6) is 0 Å². The van der Waals surface area contributed by atoms with Crippen molar-refractivity contribution in [1.82, 2.24) is 14.9 Å². The zero-order valence-corrected chi connectivity index (χ0v) is 16.3. The summed E-state index contributed by atoms with van der Waals surface area (Å²) in [6, 6.07) is 14.1. The number of benzene rings is 2. The van der Waals surface area contributed by atoms with Crippen molar-refractivity contribution < 1.29 is 9.21 Å². The summed E-state index contributed by atoms with van der Waals surface area (Å²) in [7, 11) is 2.13. The van der Waals surface area contributed by atoms with Crippen LogP contribution >= 0.6 is 0 Å². The summed E-state index contributed by atoms with van der Waals surface area (Å²) < 4.78 is 5.39. The molecule has 0 bridgehead atoms. The van der Waals surface area contributed by atoms with Crippen molar-refractivity contribution in [3.05, 3.63) is 83.6 Å². The van der Waals surface area contributed by atoms with Crippen molar-refractivity contribution in [3.63, 3.8) is 0 Å². The van der Waals surface area contributed by atoms with E-state index in [1.54, 1.807) is 6.20 Å². The van der Waals surface area contributed by atoms with Gasteiger partial charge in [0.2, 0.25) is 0 Å². The van der Waals surface area contributed by atoms with Gasteiger partial charge in [0.25, 0.3) is 0 Å². The van der Waals surface area contributed by atoms with Crippen molar-refractivity contribution in [2.24, 2.45) is 0 Å². The summed E-state index contributed by atoms with van der Waals surface area (Å²) >= 11 is 0. The van der Waals surface area contributed by atoms with Gasteiger partial charge in [-0.2, -0.15) is 0 Å². The summed E-state index contributed by atoms with van der Waals surface area (Å²) in [5.41, 5.74) is 5.11. The predicted molar refractivity (Wildman–Crippen MR) is 112 cm³/mol. The fourth-order valence-corrected chi connectivity index (χ4v) is 3.93. The van der Waals surface area contributed by atoms with E-state index in [0.717, 1.165) is 52.9 Å². The zero-order chi connectivity index (χ0) is 19.8. The van der Waals surface area contributed by atoms with Gasteiger partial charge >= 0.3 is 0 Å². The number of carbonyl (C=O) groups is 1. The molecule has 0 saturated heterocycles. The van der Waals surface area contributed by atoms with Gasteiger partial charge in [0, 0.05) is 41.5 Å². The highest BCUT2D eigenvalue weighted by Gasteiger charge is 2.16. The first-order valence-electron chi connectivity index (χ1n) is 9.77. The van der Waals surface area contributed by atoms with Crippen LogP contribution in [0.15, 0.2) is 65.7 Å². The molecular weight excluding hydrogens is 362 g/mol. The molecule has 0 radical (unpaired) electrons. The van der Waals surface area contributed by atoms with E-state index in [4.69, 9.17) is 4.42 Å². The summed E-state index contributed by atoms with van der Waals surface area (Å²) in [5.74, 6) is 0.825. The van der Waals surface area contributed by atoms with Crippen LogP contribution in [0.1, 0.15) is 27.2 Å². The molecule has 5 heteroatoms. The maximum Gasteiger partial charge on any atom is 0.181 e. The maximum atomic E-state index is 12.9. The van der Waals surface area contributed by atoms with Crippen LogP contribution in [-0.4, -0.2) is 34.2 Å². The number of hydrogen-bond donors (Lipinski definition) is 0. The summed E-state index contributed by atoms with van der Waals surface area (Å²) in [5, 5.41) is 2.06. The molecule has 0 aliphatic carbocycles. The predicted octanol–water partition coefficient (Wildman–Crippen LogP) is 4.30. The van der Waals surface area contributed by atoms with Crippen LogP contribution < -0.4 is 0 Å². The highest BCUT2D eigenvalue weighted by Crippen LogP contribution is 2.25. The Morgan fingerprint density at radius 1 is 1.07 bits per heavy atom. The van der Waals surface area contributed by atoms with E-state index in [2.05, 4.69) is 34.0 Å². The average Bonchev–Trinajstić information content (AvgIpc) is 3.28. The first-order valence-corrected chi connectivity index (χ1v) is 9.77. The molecule has 0 N–H and O–H groups in total. The summed E-state index contributed by atoms with van der Waals surface area (Å²) in [6.07, 6.45) is 6.23. The number of aromatic nitrogens is 2. The fourth-order valence-electron chi connectivity index (χ4n) is 3.93. The first kappa shape index (κ1) is 17.8. The Balaban J connectivity index is 1.40. The molecule has 5 rings (SSSR count). The number of hydrogen-bond acceptors (Lipinski definition) is 5. The van der Waals surface area contributed by atoms with E-state index in [0.29, 0.717) is 6.42 Å². The van der Waals surface area contributed by atoms with Gasteiger partial charge in [-0.15, -0.1) is 0 Å². The molecule has 0 saturated carbocycles. The van der Waals surface area contributed by atoms with Gasteiger partial charge in [-0.25, -0.2) is 4.98 Å². The number of likely N-dealkylation sites (N-methyl/N-ethyl adjacent to an activating group) is 1. The van der Waals surface area contributed by atoms with Crippen molar-refractivity contribution in [2.75, 3.05) is 13.6 Å². The molecule has 0 spiro atoms. The van der Waals surface area contributed by atoms with Crippen LogP contribution in [0.25, 0.3) is 22.1 Å². The second-order valence-electron chi connectivity index (χ2n) is 7.67. The molecule has 0 fully saturated rings. The third kappa shape index (κ3) is 3.57. The number of pyridine rings is 1. The second-order valence-corrected chi connectivity index (χ2v) is 7.67. The number of carbonyl (C=O) groups excluding carboxylic acids is 1. The highest BCUT2D eigenvalue weighted by molar-refractivity contribution is 5.98. The minimum atomic E-state index is 0.102. The van der Waals surface area contributed by atoms with Crippen molar-refractivity contribution in [1.29, 1.82) is 0 Å². The molecule has 2 aromatic carbocycles. The molecule has 5 nitrogen and oxygen atoms in total. The quantitative estimate of drug-likeness (QED) is 0.492. The Kier molecular flexibility index (Phi) is 4.45. The molecule has 3 heterocycles. The molecule has 2 aromatic heterocycles. The van der Waals surface area contributed by atoms with Crippen LogP contribution in [0.3, 0.4) is 0 Å². The molecule has 1 aliphatic rings. The van der Waals surface area contributed by atoms with E-state index < -0.39 is 0 Å². The van der Waals surface area contributed by atoms with Gasteiger partial charge in [0.1, 0.15) is 0 Å². The topological polar surface area (TPSA) is 59.2 Å². The number of Topliss-reactive ketones (excluding diaryl/α,β-unsaturated/α-hetero) is 1. The lowest BCUT2D eigenvalue weighted by atomic mass is 9.95. The molecule has 0 unspecified atom stereocenters. The first-order chi connectivity index (χ1) is 14.2. The normalized spacial score (nSPS) is 14.1. The Labute approximate surface area is 169 Å². The van der Waals surface area contributed by atoms with Crippen LogP contribution in [0, 0.1) is 0 Å². The van der Waals surface area contributed by atoms with E-state index in [1.165, 1.54) is 17.5 Å². The van der Waals surface area contributed by atoms with E-state index in [-0.39, 0.29) is 5.78 Å². The number of nitrogens with zero attached hydrogens (tertiary/aromatic N) is 3. The monoisotopic (exact) mass is 383 g/mol. The van der Waals surface area contributed by atoms with E-state index >= 15 is 0 Å². The standard InChI is InChI=1S/C24H21N3O2/c1-27-7-6-16-8-17(2-5-20(16)14-27)23(28)11-22-10-21-9-18(24-13-25-15-29-24)3-4-19(21)12-26-22/h2-5,8-10,12-13,15H,6-7,11,14H2,1H3. The Morgan fingerprint density at radius 2 is 2.00 bits per heavy atom. The van der Waals surface area contributed by atoms with Crippen LogP contribution in [-0.2, 0) is 19.4 Å². The van der Waals surface area contributed by atoms with Crippen molar-refractivity contribution in [3.8, 4) is 11.3 Å². The molecule has 29 heavy (non-hydrogen) atoms. The zero-order valence-electron chi connectivity index (χ0n) is 16.3. The molecule has 0 atom stereocenters. The van der Waals surface area contributed by atoms with E-state index in [1.807, 2.05) is 36.5 Å². The summed E-state index contributed by atoms with van der Waals surface area (Å²) in [4.78, 5) is 23.7. The Hall–Kier alpha value is -3.31. The summed E-state index contributed by atoms with van der Waals surface area (Å²) in [6.45, 7) is 1.98. The number of oxazole rings is 1. The van der Waals surface area contributed by atoms with Crippen molar-refractivity contribution in [2.45, 2.75) is 19.4 Å². The number of fused-ring (bicyclic) bond motifs is 2. The number of rotatable bonds is 4. The molecule has 144 valence electrons. The molecule has 4 aromatic rings. The lowest BCUT2D eigenvalue weighted by molar-refractivity contribution is 0.0992. The molecule has 0 amide bonds. The maximum absolute atomic E-state index is 12.9. The third-order valence-corrected chi connectivity index (χ3v) is 5.57. The second kappa shape index (κ2) is 7.26. The lowest BCUT2D eigenvalue weighted by Crippen LogP contribution is -2.26. The largest absolute Gasteiger partial charge is 0.444 e. The van der Waals surface area contributed by atoms with Crippen molar-refractivity contribution >= 4 is 16.6 Å². The van der Waals surface area contributed by atoms with Crippen LogP contribution in [0.4, 0.5) is 0 Å². The molecule has 1 aliphatic heterocycles. The third-order valence-electron chi connectivity index (χ3n) is 5.57. The highest BCUT2D eigenvalue weighted by atomic mass is 16.3. The van der Waals surface area contributed by atoms with Gasteiger partial charge in [-0.1, -0.05) is 24.3 Å². The number of ketones is 1. The van der Waals surface area contributed by atoms with Gasteiger partial charge in [-0.3, -0.25) is 9.78 Å². The van der Waals surface area contributed by atoms with Crippen LogP contribution in [0.2, 0.25) is 0 Å². The smallest absolute Gasteiger partial charge is 0.181 e. The fraction of sp³-hybridized carbons (Fsp3) is 0.208. The Bertz CT molecular complexity index is 1200. The lowest BCUT2D eigenvalue weighted by Gasteiger charge is -2.25. The van der Waals surface area contributed by atoms with E-state index in [9.17, 15) is 4.79 Å². The molecular formula is C24H21N3O2. The van der Waals surface area contributed by atoms with Gasteiger partial charge in [0.05, 0.1) is 12.6 Å². The minimum absolute atomic E-state index is 0.102. The van der Waals surface area contributed by atoms with Gasteiger partial charge in [0.15, 0.2) is 17.9 Å². The van der Waals surface area contributed by atoms with Gasteiger partial charge in [-0.05, 0) is 48.2 Å². The SMILES string of the molecule is CN1CCc2cc(C(=O)Cc3cc4cc(-c5cnco5)ccc4cn3)ccc2C1. The minimum Gasteiger partial charge on any atom is -0.444 e. The average molecular weight is 383 g/mol. The Morgan fingerprint density at radius 3 is 2.86 bits per heavy atom.